The Balaban J connectivity index is 1.97. The molecule has 0 saturated heterocycles. The van der Waals surface area contributed by atoms with Gasteiger partial charge in [-0.2, -0.15) is 0 Å². The Kier molecular flexibility index (Phi) is 5.53. The highest BCUT2D eigenvalue weighted by Gasteiger charge is 2.30. The number of Topliss-reactive ketones (excluding diaryl/α,β-unsaturated/α-hetero) is 1. The predicted molar refractivity (Wildman–Crippen MR) is 89.7 cm³/mol. The standard InChI is InChI=1S/C19H26N2O/c1-19(2,3)18(22)17(16-9-5-4-6-10-16)11-7-8-13-21-14-12-20-15-21/h4-6,9-10,12,14-15,17H,7-8,11,13H2,1-3H3. The molecule has 22 heavy (non-hydrogen) atoms. The number of hydrogen-bond donors (Lipinski definition) is 0. The molecular weight excluding hydrogens is 272 g/mol. The lowest BCUT2D eigenvalue weighted by molar-refractivity contribution is -0.128. The van der Waals surface area contributed by atoms with Gasteiger partial charge in [0, 0.05) is 30.3 Å². The molecule has 0 spiro atoms. The molecule has 1 aromatic heterocycles. The van der Waals surface area contributed by atoms with Crippen molar-refractivity contribution in [3.05, 3.63) is 54.6 Å². The molecule has 0 aliphatic heterocycles. The number of aromatic nitrogens is 2. The SMILES string of the molecule is CC(C)(C)C(=O)C(CCCCn1ccnc1)c1ccccc1. The normalized spacial score (nSPS) is 13.0. The first-order valence-corrected chi connectivity index (χ1v) is 8.03. The molecule has 2 rings (SSSR count). The lowest BCUT2D eigenvalue weighted by Crippen LogP contribution is -2.27. The van der Waals surface area contributed by atoms with Gasteiger partial charge in [-0.05, 0) is 18.4 Å². The van der Waals surface area contributed by atoms with Crippen molar-refractivity contribution in [2.75, 3.05) is 0 Å². The second kappa shape index (κ2) is 7.39. The summed E-state index contributed by atoms with van der Waals surface area (Å²) in [5.74, 6) is 0.338. The molecule has 3 heteroatoms. The fraction of sp³-hybridized carbons (Fsp3) is 0.474. The molecule has 1 atom stereocenters. The van der Waals surface area contributed by atoms with Gasteiger partial charge in [0.2, 0.25) is 0 Å². The molecule has 1 aromatic carbocycles. The van der Waals surface area contributed by atoms with Crippen LogP contribution < -0.4 is 0 Å². The summed E-state index contributed by atoms with van der Waals surface area (Å²) in [6, 6.07) is 10.2. The number of carbonyl (C=O) groups excluding carboxylic acids is 1. The van der Waals surface area contributed by atoms with Crippen LogP contribution in [0.2, 0.25) is 0 Å². The number of nitrogens with zero attached hydrogens (tertiary/aromatic N) is 2. The highest BCUT2D eigenvalue weighted by molar-refractivity contribution is 5.90. The molecule has 0 N–H and O–H groups in total. The van der Waals surface area contributed by atoms with Gasteiger partial charge in [0.15, 0.2) is 0 Å². The van der Waals surface area contributed by atoms with Crippen molar-refractivity contribution in [2.45, 2.75) is 52.5 Å². The van der Waals surface area contributed by atoms with Gasteiger partial charge in [-0.1, -0.05) is 57.5 Å². The second-order valence-electron chi connectivity index (χ2n) is 6.87. The number of rotatable bonds is 7. The number of aryl methyl sites for hydroxylation is 1. The molecule has 0 fully saturated rings. The Labute approximate surface area is 133 Å². The largest absolute Gasteiger partial charge is 0.337 e. The third-order valence-corrected chi connectivity index (χ3v) is 3.98. The van der Waals surface area contributed by atoms with Gasteiger partial charge in [0.1, 0.15) is 5.78 Å². The quantitative estimate of drug-likeness (QED) is 0.708. The van der Waals surface area contributed by atoms with Crippen LogP contribution in [0.1, 0.15) is 51.5 Å². The summed E-state index contributed by atoms with van der Waals surface area (Å²) in [6.07, 6.45) is 8.64. The third kappa shape index (κ3) is 4.55. The van der Waals surface area contributed by atoms with Crippen LogP contribution in [0, 0.1) is 5.41 Å². The third-order valence-electron chi connectivity index (χ3n) is 3.98. The highest BCUT2D eigenvalue weighted by atomic mass is 16.1. The minimum Gasteiger partial charge on any atom is -0.337 e. The Hall–Kier alpha value is -1.90. The molecule has 0 bridgehead atoms. The maximum atomic E-state index is 12.8. The number of carbonyl (C=O) groups is 1. The van der Waals surface area contributed by atoms with Crippen molar-refractivity contribution >= 4 is 5.78 Å². The van der Waals surface area contributed by atoms with Crippen LogP contribution in [0.4, 0.5) is 0 Å². The van der Waals surface area contributed by atoms with E-state index in [1.807, 2.05) is 51.5 Å². The lowest BCUT2D eigenvalue weighted by Gasteiger charge is -2.25. The molecule has 3 nitrogen and oxygen atoms in total. The van der Waals surface area contributed by atoms with Crippen LogP contribution in [0.3, 0.4) is 0 Å². The molecule has 0 radical (unpaired) electrons. The molecule has 118 valence electrons. The van der Waals surface area contributed by atoms with Crippen LogP contribution in [0.5, 0.6) is 0 Å². The maximum absolute atomic E-state index is 12.8. The average molecular weight is 298 g/mol. The number of hydrogen-bond acceptors (Lipinski definition) is 2. The fourth-order valence-electron chi connectivity index (χ4n) is 2.72. The molecule has 0 saturated carbocycles. The summed E-state index contributed by atoms with van der Waals surface area (Å²) in [6.45, 7) is 7.00. The lowest BCUT2D eigenvalue weighted by atomic mass is 9.78. The van der Waals surface area contributed by atoms with Crippen LogP contribution in [0.15, 0.2) is 49.1 Å². The van der Waals surface area contributed by atoms with E-state index in [2.05, 4.69) is 21.7 Å². The molecule has 0 aliphatic carbocycles. The first kappa shape index (κ1) is 16.5. The van der Waals surface area contributed by atoms with Crippen LogP contribution in [-0.4, -0.2) is 15.3 Å². The first-order valence-electron chi connectivity index (χ1n) is 8.03. The summed E-state index contributed by atoms with van der Waals surface area (Å²) in [4.78, 5) is 16.8. The van der Waals surface area contributed by atoms with E-state index in [1.54, 1.807) is 6.20 Å². The van der Waals surface area contributed by atoms with E-state index in [0.29, 0.717) is 5.78 Å². The Bertz CT molecular complexity index is 567. The van der Waals surface area contributed by atoms with Gasteiger partial charge in [0.05, 0.1) is 6.33 Å². The molecule has 0 aliphatic rings. The smallest absolute Gasteiger partial charge is 0.145 e. The maximum Gasteiger partial charge on any atom is 0.145 e. The van der Waals surface area contributed by atoms with E-state index in [1.165, 1.54) is 0 Å². The van der Waals surface area contributed by atoms with Crippen molar-refractivity contribution in [3.63, 3.8) is 0 Å². The van der Waals surface area contributed by atoms with Gasteiger partial charge in [-0.25, -0.2) is 4.98 Å². The van der Waals surface area contributed by atoms with Gasteiger partial charge in [-0.3, -0.25) is 4.79 Å². The van der Waals surface area contributed by atoms with Crippen LogP contribution >= 0.6 is 0 Å². The molecule has 0 amide bonds. The molecular formula is C19H26N2O. The number of benzene rings is 1. The topological polar surface area (TPSA) is 34.9 Å². The van der Waals surface area contributed by atoms with E-state index < -0.39 is 0 Å². The summed E-state index contributed by atoms with van der Waals surface area (Å²) in [7, 11) is 0. The van der Waals surface area contributed by atoms with Crippen molar-refractivity contribution < 1.29 is 4.79 Å². The number of unbranched alkanes of at least 4 members (excludes halogenated alkanes) is 1. The molecule has 1 unspecified atom stereocenters. The second-order valence-corrected chi connectivity index (χ2v) is 6.87. The van der Waals surface area contributed by atoms with Gasteiger partial charge in [0.25, 0.3) is 0 Å². The number of imidazole rings is 1. The van der Waals surface area contributed by atoms with E-state index in [4.69, 9.17) is 0 Å². The average Bonchev–Trinajstić information content (AvgIpc) is 3.00. The van der Waals surface area contributed by atoms with Crippen molar-refractivity contribution in [2.24, 2.45) is 5.41 Å². The summed E-state index contributed by atoms with van der Waals surface area (Å²) in [5.41, 5.74) is 0.843. The minimum atomic E-state index is -0.301. The van der Waals surface area contributed by atoms with Crippen LogP contribution in [-0.2, 0) is 11.3 Å². The fourth-order valence-corrected chi connectivity index (χ4v) is 2.72. The molecule has 1 heterocycles. The zero-order valence-corrected chi connectivity index (χ0v) is 13.8. The van der Waals surface area contributed by atoms with Gasteiger partial charge >= 0.3 is 0 Å². The highest BCUT2D eigenvalue weighted by Crippen LogP contribution is 2.31. The van der Waals surface area contributed by atoms with Crippen molar-refractivity contribution in [1.29, 1.82) is 0 Å². The first-order chi connectivity index (χ1) is 10.5. The van der Waals surface area contributed by atoms with Gasteiger partial charge < -0.3 is 4.57 Å². The monoisotopic (exact) mass is 298 g/mol. The summed E-state index contributed by atoms with van der Waals surface area (Å²) in [5, 5.41) is 0. The Morgan fingerprint density at radius 2 is 1.91 bits per heavy atom. The predicted octanol–water partition coefficient (Wildman–Crippen LogP) is 4.45. The van der Waals surface area contributed by atoms with Crippen LogP contribution in [0.25, 0.3) is 0 Å². The van der Waals surface area contributed by atoms with E-state index in [9.17, 15) is 4.79 Å². The summed E-state index contributed by atoms with van der Waals surface area (Å²) < 4.78 is 2.09. The van der Waals surface area contributed by atoms with E-state index in [-0.39, 0.29) is 11.3 Å². The summed E-state index contributed by atoms with van der Waals surface area (Å²) >= 11 is 0. The van der Waals surface area contributed by atoms with Crippen molar-refractivity contribution in [1.82, 2.24) is 9.55 Å². The van der Waals surface area contributed by atoms with Crippen molar-refractivity contribution in [3.8, 4) is 0 Å². The minimum absolute atomic E-state index is 0.00369. The molecule has 2 aromatic rings. The van der Waals surface area contributed by atoms with E-state index in [0.717, 1.165) is 31.4 Å². The Morgan fingerprint density at radius 1 is 1.18 bits per heavy atom. The van der Waals surface area contributed by atoms with Gasteiger partial charge in [-0.15, -0.1) is 0 Å². The zero-order valence-electron chi connectivity index (χ0n) is 13.8. The zero-order chi connectivity index (χ0) is 16.0. The van der Waals surface area contributed by atoms with E-state index >= 15 is 0 Å². The number of ketones is 1. The Morgan fingerprint density at radius 3 is 2.50 bits per heavy atom.